The molecular weight excluding hydrogens is 379 g/mol. The molecule has 0 radical (unpaired) electrons. The van der Waals surface area contributed by atoms with Gasteiger partial charge < -0.3 is 19.4 Å². The Bertz CT molecular complexity index is 795. The Hall–Kier alpha value is -2.47. The van der Waals surface area contributed by atoms with Crippen LogP contribution in [-0.2, 0) is 17.5 Å². The van der Waals surface area contributed by atoms with Crippen molar-refractivity contribution in [3.05, 3.63) is 24.0 Å². The lowest BCUT2D eigenvalue weighted by Crippen LogP contribution is -2.37. The Morgan fingerprint density at radius 3 is 2.75 bits per heavy atom. The van der Waals surface area contributed by atoms with Crippen molar-refractivity contribution in [1.29, 1.82) is 0 Å². The number of nitrogens with one attached hydrogen (secondary N) is 1. The molecule has 1 atom stereocenters. The van der Waals surface area contributed by atoms with Gasteiger partial charge in [0.2, 0.25) is 11.8 Å². The second kappa shape index (κ2) is 7.87. The predicted molar refractivity (Wildman–Crippen MR) is 91.7 cm³/mol. The van der Waals surface area contributed by atoms with Gasteiger partial charge in [0, 0.05) is 38.4 Å². The van der Waals surface area contributed by atoms with Crippen molar-refractivity contribution in [2.24, 2.45) is 0 Å². The van der Waals surface area contributed by atoms with E-state index in [9.17, 15) is 13.2 Å². The van der Waals surface area contributed by atoms with Gasteiger partial charge in [-0.3, -0.25) is 4.90 Å². The minimum atomic E-state index is -4.62. The Morgan fingerprint density at radius 1 is 1.18 bits per heavy atom. The fraction of sp³-hybridized carbons (Fsp3) is 0.625. The average molecular weight is 399 g/mol. The van der Waals surface area contributed by atoms with Crippen LogP contribution in [0.5, 0.6) is 0 Å². The van der Waals surface area contributed by atoms with Crippen molar-refractivity contribution in [3.8, 4) is 0 Å². The zero-order valence-electron chi connectivity index (χ0n) is 15.0. The molecule has 1 unspecified atom stereocenters. The molecule has 0 aliphatic carbocycles. The van der Waals surface area contributed by atoms with E-state index in [1.807, 2.05) is 11.0 Å². The predicted octanol–water partition coefficient (Wildman–Crippen LogP) is 1.40. The van der Waals surface area contributed by atoms with E-state index in [2.05, 4.69) is 30.4 Å². The number of aromatic nitrogens is 4. The summed E-state index contributed by atoms with van der Waals surface area (Å²) < 4.78 is 47.7. The van der Waals surface area contributed by atoms with E-state index in [-0.39, 0.29) is 18.5 Å². The van der Waals surface area contributed by atoms with Gasteiger partial charge in [0.05, 0.1) is 19.8 Å². The summed E-state index contributed by atoms with van der Waals surface area (Å²) in [7, 11) is 0. The highest BCUT2D eigenvalue weighted by Crippen LogP contribution is 2.28. The highest BCUT2D eigenvalue weighted by molar-refractivity contribution is 5.43. The van der Waals surface area contributed by atoms with Gasteiger partial charge >= 0.3 is 12.1 Å². The minimum Gasteiger partial charge on any atom is -0.416 e. The number of hydrogen-bond donors (Lipinski definition) is 1. The number of likely N-dealkylation sites (tertiary alicyclic amines) is 1. The number of anilines is 2. The molecule has 4 rings (SSSR count). The van der Waals surface area contributed by atoms with Crippen LogP contribution in [0.4, 0.5) is 24.9 Å². The summed E-state index contributed by atoms with van der Waals surface area (Å²) in [5.41, 5.74) is 0. The lowest BCUT2D eigenvalue weighted by Gasteiger charge is -2.28. The molecule has 2 aromatic heterocycles. The quantitative estimate of drug-likeness (QED) is 0.801. The molecule has 0 bridgehead atoms. The van der Waals surface area contributed by atoms with Gasteiger partial charge in [0.1, 0.15) is 5.82 Å². The van der Waals surface area contributed by atoms with Crippen molar-refractivity contribution in [2.75, 3.05) is 49.6 Å². The zero-order chi connectivity index (χ0) is 19.6. The summed E-state index contributed by atoms with van der Waals surface area (Å²) in [5.74, 6) is 0.0254. The molecule has 2 fully saturated rings. The fourth-order valence-corrected chi connectivity index (χ4v) is 3.29. The van der Waals surface area contributed by atoms with E-state index < -0.39 is 12.1 Å². The van der Waals surface area contributed by atoms with Crippen LogP contribution >= 0.6 is 0 Å². The van der Waals surface area contributed by atoms with E-state index in [0.29, 0.717) is 32.3 Å². The molecule has 0 amide bonds. The molecule has 0 aromatic carbocycles. The Balaban J connectivity index is 1.32. The third-order valence-electron chi connectivity index (χ3n) is 4.65. The molecule has 0 spiro atoms. The van der Waals surface area contributed by atoms with Gasteiger partial charge in [-0.2, -0.15) is 18.2 Å². The van der Waals surface area contributed by atoms with E-state index in [4.69, 9.17) is 9.15 Å². The molecule has 2 saturated heterocycles. The van der Waals surface area contributed by atoms with Crippen molar-refractivity contribution in [1.82, 2.24) is 25.1 Å². The largest absolute Gasteiger partial charge is 0.470 e. The first kappa shape index (κ1) is 18.9. The second-order valence-electron chi connectivity index (χ2n) is 6.70. The highest BCUT2D eigenvalue weighted by Gasteiger charge is 2.38. The molecule has 1 N–H and O–H groups in total. The SMILES string of the molecule is FC(F)(F)c1nnc(CN2CCC(Nc3nccc(N4CCOCC4)n3)C2)o1. The van der Waals surface area contributed by atoms with Crippen molar-refractivity contribution in [2.45, 2.75) is 25.2 Å². The van der Waals surface area contributed by atoms with Crippen LogP contribution in [0.3, 0.4) is 0 Å². The summed E-state index contributed by atoms with van der Waals surface area (Å²) in [6, 6.07) is 1.95. The van der Waals surface area contributed by atoms with Gasteiger partial charge in [0.25, 0.3) is 0 Å². The Kier molecular flexibility index (Phi) is 5.31. The van der Waals surface area contributed by atoms with E-state index >= 15 is 0 Å². The zero-order valence-corrected chi connectivity index (χ0v) is 15.0. The maximum atomic E-state index is 12.5. The van der Waals surface area contributed by atoms with Gasteiger partial charge in [-0.15, -0.1) is 10.2 Å². The van der Waals surface area contributed by atoms with E-state index in [1.54, 1.807) is 6.20 Å². The van der Waals surface area contributed by atoms with Crippen LogP contribution in [0.2, 0.25) is 0 Å². The monoisotopic (exact) mass is 399 g/mol. The lowest BCUT2D eigenvalue weighted by molar-refractivity contribution is -0.157. The van der Waals surface area contributed by atoms with Crippen LogP contribution in [0, 0.1) is 0 Å². The number of halogens is 3. The highest BCUT2D eigenvalue weighted by atomic mass is 19.4. The van der Waals surface area contributed by atoms with Gasteiger partial charge in [0.15, 0.2) is 0 Å². The van der Waals surface area contributed by atoms with Gasteiger partial charge in [-0.1, -0.05) is 0 Å². The topological polar surface area (TPSA) is 92.4 Å². The summed E-state index contributed by atoms with van der Waals surface area (Å²) >= 11 is 0. The summed E-state index contributed by atoms with van der Waals surface area (Å²) in [6.07, 6.45) is -2.10. The van der Waals surface area contributed by atoms with E-state index in [0.717, 1.165) is 25.3 Å². The Labute approximate surface area is 158 Å². The molecule has 2 aromatic rings. The first-order chi connectivity index (χ1) is 13.5. The van der Waals surface area contributed by atoms with Crippen LogP contribution in [0.15, 0.2) is 16.7 Å². The fourth-order valence-electron chi connectivity index (χ4n) is 3.29. The third kappa shape index (κ3) is 4.50. The van der Waals surface area contributed by atoms with Gasteiger partial charge in [-0.25, -0.2) is 4.98 Å². The second-order valence-corrected chi connectivity index (χ2v) is 6.70. The smallest absolute Gasteiger partial charge is 0.416 e. The Morgan fingerprint density at radius 2 is 2.00 bits per heavy atom. The van der Waals surface area contributed by atoms with Crippen molar-refractivity contribution >= 4 is 11.8 Å². The number of rotatable bonds is 5. The van der Waals surface area contributed by atoms with Crippen molar-refractivity contribution < 1.29 is 22.3 Å². The number of nitrogens with zero attached hydrogens (tertiary/aromatic N) is 6. The molecule has 9 nitrogen and oxygen atoms in total. The molecule has 2 aliphatic heterocycles. The summed E-state index contributed by atoms with van der Waals surface area (Å²) in [4.78, 5) is 12.9. The van der Waals surface area contributed by atoms with Crippen LogP contribution < -0.4 is 10.2 Å². The molecule has 152 valence electrons. The van der Waals surface area contributed by atoms with Crippen LogP contribution in [-0.4, -0.2) is 70.5 Å². The molecule has 12 heteroatoms. The standard InChI is InChI=1S/C16H20F3N7O2/c17-16(18,19)14-24-23-13(28-14)10-25-4-2-11(9-25)21-15-20-3-1-12(22-15)26-5-7-27-8-6-26/h1,3,11H,2,4-10H2,(H,20,21,22). The number of ether oxygens (including phenoxy) is 1. The molecule has 2 aliphatic rings. The first-order valence-corrected chi connectivity index (χ1v) is 9.01. The van der Waals surface area contributed by atoms with Crippen molar-refractivity contribution in [3.63, 3.8) is 0 Å². The normalized spacial score (nSPS) is 21.2. The first-order valence-electron chi connectivity index (χ1n) is 9.01. The lowest BCUT2D eigenvalue weighted by atomic mass is 10.3. The molecule has 4 heterocycles. The van der Waals surface area contributed by atoms with Crippen LogP contribution in [0.1, 0.15) is 18.2 Å². The van der Waals surface area contributed by atoms with Gasteiger partial charge in [-0.05, 0) is 12.5 Å². The minimum absolute atomic E-state index is 0.0430. The summed E-state index contributed by atoms with van der Waals surface area (Å²) in [6.45, 7) is 4.43. The third-order valence-corrected chi connectivity index (χ3v) is 4.65. The number of alkyl halides is 3. The average Bonchev–Trinajstić information content (AvgIpc) is 3.33. The maximum absolute atomic E-state index is 12.5. The van der Waals surface area contributed by atoms with E-state index in [1.165, 1.54) is 0 Å². The molecule has 28 heavy (non-hydrogen) atoms. The molecular formula is C16H20F3N7O2. The van der Waals surface area contributed by atoms with Crippen LogP contribution in [0.25, 0.3) is 0 Å². The summed E-state index contributed by atoms with van der Waals surface area (Å²) in [5, 5.41) is 9.83. The maximum Gasteiger partial charge on any atom is 0.470 e. The molecule has 0 saturated carbocycles. The number of hydrogen-bond acceptors (Lipinski definition) is 9. The number of morpholine rings is 1.